The molecule has 1 amide bonds. The average molecular weight is 376 g/mol. The second-order valence-electron chi connectivity index (χ2n) is 6.06. The Morgan fingerprint density at radius 1 is 1.15 bits per heavy atom. The van der Waals surface area contributed by atoms with Gasteiger partial charge in [0.2, 0.25) is 10.0 Å². The molecule has 2 rings (SSSR count). The maximum absolute atomic E-state index is 12.7. The predicted molar refractivity (Wildman–Crippen MR) is 103 cm³/mol. The Labute approximate surface area is 154 Å². The van der Waals surface area contributed by atoms with Crippen molar-refractivity contribution in [3.63, 3.8) is 0 Å². The van der Waals surface area contributed by atoms with Crippen LogP contribution in [-0.4, -0.2) is 27.7 Å². The van der Waals surface area contributed by atoms with E-state index in [1.165, 1.54) is 0 Å². The molecule has 140 valence electrons. The topological polar surface area (TPSA) is 84.5 Å². The van der Waals surface area contributed by atoms with Gasteiger partial charge in [-0.2, -0.15) is 0 Å². The van der Waals surface area contributed by atoms with Crippen LogP contribution in [0.4, 0.5) is 5.69 Å². The predicted octanol–water partition coefficient (Wildman–Crippen LogP) is 3.26. The minimum absolute atomic E-state index is 0.153. The lowest BCUT2D eigenvalue weighted by molar-refractivity contribution is 0.0935. The summed E-state index contributed by atoms with van der Waals surface area (Å²) >= 11 is 0. The fourth-order valence-electron chi connectivity index (χ4n) is 2.69. The highest BCUT2D eigenvalue weighted by molar-refractivity contribution is 7.92. The van der Waals surface area contributed by atoms with Crippen molar-refractivity contribution in [3.8, 4) is 5.75 Å². The fourth-order valence-corrected chi connectivity index (χ4v) is 3.31. The highest BCUT2D eigenvalue weighted by Gasteiger charge is 2.18. The summed E-state index contributed by atoms with van der Waals surface area (Å²) in [5.41, 5.74) is 2.40. The normalized spacial score (nSPS) is 12.3. The zero-order valence-corrected chi connectivity index (χ0v) is 16.2. The highest BCUT2D eigenvalue weighted by atomic mass is 32.2. The molecule has 1 atom stereocenters. The Morgan fingerprint density at radius 2 is 1.81 bits per heavy atom. The number of hydrogen-bond acceptors (Lipinski definition) is 4. The van der Waals surface area contributed by atoms with Gasteiger partial charge in [-0.3, -0.25) is 9.52 Å². The standard InChI is InChI=1S/C19H24N2O4S/c1-5-17(14-9-11-15(25-3)12-10-14)20-19(22)16-7-6-8-18(13(16)2)21-26(4,23)24/h6-12,17,21H,5H2,1-4H3,(H,20,22)/t17-/m1/s1. The summed E-state index contributed by atoms with van der Waals surface area (Å²) < 4.78 is 30.5. The summed E-state index contributed by atoms with van der Waals surface area (Å²) in [5.74, 6) is 0.507. The third kappa shape index (κ3) is 4.98. The third-order valence-electron chi connectivity index (χ3n) is 4.11. The molecule has 26 heavy (non-hydrogen) atoms. The number of amides is 1. The van der Waals surface area contributed by atoms with Gasteiger partial charge < -0.3 is 10.1 Å². The zero-order valence-electron chi connectivity index (χ0n) is 15.4. The van der Waals surface area contributed by atoms with E-state index in [0.29, 0.717) is 16.8 Å². The maximum atomic E-state index is 12.7. The first-order valence-electron chi connectivity index (χ1n) is 8.27. The van der Waals surface area contributed by atoms with Crippen molar-refractivity contribution < 1.29 is 17.9 Å². The first kappa shape index (κ1) is 19.8. The van der Waals surface area contributed by atoms with Crippen molar-refractivity contribution in [2.75, 3.05) is 18.1 Å². The molecule has 0 aromatic heterocycles. The SMILES string of the molecule is CC[C@@H](NC(=O)c1cccc(NS(C)(=O)=O)c1C)c1ccc(OC)cc1. The molecule has 0 aliphatic heterocycles. The van der Waals surface area contributed by atoms with Crippen molar-refractivity contribution in [1.29, 1.82) is 0 Å². The van der Waals surface area contributed by atoms with E-state index in [1.807, 2.05) is 31.2 Å². The minimum atomic E-state index is -3.41. The van der Waals surface area contributed by atoms with Gasteiger partial charge in [-0.15, -0.1) is 0 Å². The van der Waals surface area contributed by atoms with Gasteiger partial charge in [0, 0.05) is 5.56 Å². The highest BCUT2D eigenvalue weighted by Crippen LogP contribution is 2.23. The molecule has 7 heteroatoms. The molecule has 2 N–H and O–H groups in total. The second kappa shape index (κ2) is 8.23. The molecule has 0 fully saturated rings. The molecule has 0 bridgehead atoms. The van der Waals surface area contributed by atoms with Gasteiger partial charge in [0.05, 0.1) is 25.1 Å². The number of carbonyl (C=O) groups is 1. The fraction of sp³-hybridized carbons (Fsp3) is 0.316. The molecule has 0 unspecified atom stereocenters. The Hall–Kier alpha value is -2.54. The van der Waals surface area contributed by atoms with E-state index in [1.54, 1.807) is 32.2 Å². The van der Waals surface area contributed by atoms with Crippen molar-refractivity contribution >= 4 is 21.6 Å². The molecule has 2 aromatic rings. The Morgan fingerprint density at radius 3 is 2.35 bits per heavy atom. The lowest BCUT2D eigenvalue weighted by Crippen LogP contribution is -2.29. The number of methoxy groups -OCH3 is 1. The van der Waals surface area contributed by atoms with Crippen LogP contribution in [0.5, 0.6) is 5.75 Å². The number of benzene rings is 2. The van der Waals surface area contributed by atoms with E-state index in [-0.39, 0.29) is 11.9 Å². The van der Waals surface area contributed by atoms with Crippen LogP contribution in [0.15, 0.2) is 42.5 Å². The molecule has 0 spiro atoms. The number of carbonyl (C=O) groups excluding carboxylic acids is 1. The quantitative estimate of drug-likeness (QED) is 0.777. The van der Waals surface area contributed by atoms with E-state index >= 15 is 0 Å². The van der Waals surface area contributed by atoms with Gasteiger partial charge in [0.1, 0.15) is 5.75 Å². The molecule has 2 aromatic carbocycles. The Bertz CT molecular complexity index is 877. The zero-order chi connectivity index (χ0) is 19.3. The molecule has 0 aliphatic rings. The van der Waals surface area contributed by atoms with E-state index in [9.17, 15) is 13.2 Å². The summed E-state index contributed by atoms with van der Waals surface area (Å²) in [7, 11) is -1.81. The van der Waals surface area contributed by atoms with Crippen LogP contribution in [-0.2, 0) is 10.0 Å². The lowest BCUT2D eigenvalue weighted by Gasteiger charge is -2.19. The third-order valence-corrected chi connectivity index (χ3v) is 4.70. The van der Waals surface area contributed by atoms with Crippen LogP contribution in [0, 0.1) is 6.92 Å². The molecule has 0 saturated heterocycles. The lowest BCUT2D eigenvalue weighted by atomic mass is 10.0. The van der Waals surface area contributed by atoms with Crippen LogP contribution in [0.3, 0.4) is 0 Å². The van der Waals surface area contributed by atoms with Gasteiger partial charge >= 0.3 is 0 Å². The smallest absolute Gasteiger partial charge is 0.252 e. The molecular formula is C19H24N2O4S. The number of nitrogens with one attached hydrogen (secondary N) is 2. The summed E-state index contributed by atoms with van der Waals surface area (Å²) in [6, 6.07) is 12.4. The monoisotopic (exact) mass is 376 g/mol. The number of sulfonamides is 1. The van der Waals surface area contributed by atoms with Crippen LogP contribution in [0.2, 0.25) is 0 Å². The molecule has 0 radical (unpaired) electrons. The van der Waals surface area contributed by atoms with Crippen LogP contribution < -0.4 is 14.8 Å². The van der Waals surface area contributed by atoms with Gasteiger partial charge in [0.15, 0.2) is 0 Å². The van der Waals surface area contributed by atoms with Crippen molar-refractivity contribution in [3.05, 3.63) is 59.2 Å². The number of ether oxygens (including phenoxy) is 1. The van der Waals surface area contributed by atoms with E-state index in [2.05, 4.69) is 10.0 Å². The van der Waals surface area contributed by atoms with E-state index in [4.69, 9.17) is 4.74 Å². The summed E-state index contributed by atoms with van der Waals surface area (Å²) in [6.45, 7) is 3.71. The Balaban J connectivity index is 2.23. The molecular weight excluding hydrogens is 352 g/mol. The summed E-state index contributed by atoms with van der Waals surface area (Å²) in [6.07, 6.45) is 1.80. The largest absolute Gasteiger partial charge is 0.497 e. The van der Waals surface area contributed by atoms with Crippen molar-refractivity contribution in [2.24, 2.45) is 0 Å². The minimum Gasteiger partial charge on any atom is -0.497 e. The number of anilines is 1. The Kier molecular flexibility index (Phi) is 6.26. The first-order chi connectivity index (χ1) is 12.2. The summed E-state index contributed by atoms with van der Waals surface area (Å²) in [5, 5.41) is 3.01. The van der Waals surface area contributed by atoms with Crippen molar-refractivity contribution in [1.82, 2.24) is 5.32 Å². The maximum Gasteiger partial charge on any atom is 0.252 e. The van der Waals surface area contributed by atoms with Crippen LogP contribution in [0.1, 0.15) is 40.9 Å². The van der Waals surface area contributed by atoms with Crippen LogP contribution in [0.25, 0.3) is 0 Å². The van der Waals surface area contributed by atoms with Gasteiger partial charge in [0.25, 0.3) is 5.91 Å². The van der Waals surface area contributed by atoms with E-state index < -0.39 is 10.0 Å². The summed E-state index contributed by atoms with van der Waals surface area (Å²) in [4.78, 5) is 12.7. The van der Waals surface area contributed by atoms with Gasteiger partial charge in [-0.1, -0.05) is 25.1 Å². The van der Waals surface area contributed by atoms with Crippen molar-refractivity contribution in [2.45, 2.75) is 26.3 Å². The average Bonchev–Trinajstić information content (AvgIpc) is 2.60. The van der Waals surface area contributed by atoms with Gasteiger partial charge in [-0.25, -0.2) is 8.42 Å². The van der Waals surface area contributed by atoms with Crippen LogP contribution >= 0.6 is 0 Å². The molecule has 0 aliphatic carbocycles. The van der Waals surface area contributed by atoms with E-state index in [0.717, 1.165) is 24.0 Å². The molecule has 0 saturated carbocycles. The van der Waals surface area contributed by atoms with Gasteiger partial charge in [-0.05, 0) is 48.7 Å². The molecule has 6 nitrogen and oxygen atoms in total. The molecule has 0 heterocycles. The second-order valence-corrected chi connectivity index (χ2v) is 7.81. The number of rotatable bonds is 7. The first-order valence-corrected chi connectivity index (χ1v) is 10.2. The number of hydrogen-bond donors (Lipinski definition) is 2.